The van der Waals surface area contributed by atoms with Gasteiger partial charge in [-0.15, -0.1) is 11.3 Å². The summed E-state index contributed by atoms with van der Waals surface area (Å²) in [6.07, 6.45) is 5.50. The third kappa shape index (κ3) is 5.23. The number of hydrogen-bond donors (Lipinski definition) is 1. The highest BCUT2D eigenvalue weighted by Crippen LogP contribution is 2.28. The third-order valence-corrected chi connectivity index (χ3v) is 6.93. The fourth-order valence-electron chi connectivity index (χ4n) is 4.12. The van der Waals surface area contributed by atoms with Gasteiger partial charge < -0.3 is 15.1 Å². The average molecular weight is 377 g/mol. The molecule has 0 saturated carbocycles. The van der Waals surface area contributed by atoms with E-state index in [1.165, 1.54) is 50.2 Å². The summed E-state index contributed by atoms with van der Waals surface area (Å²) >= 11 is 1.84. The second-order valence-corrected chi connectivity index (χ2v) is 9.44. The van der Waals surface area contributed by atoms with Crippen LogP contribution in [0.4, 0.5) is 0 Å². The molecule has 0 aromatic carbocycles. The SMILES string of the molecule is CCNC(=NCC(C)(C)c1cccs1)N1CCC(CN2CCCCC2)C1. The Morgan fingerprint density at radius 1 is 1.27 bits per heavy atom. The van der Waals surface area contributed by atoms with E-state index < -0.39 is 0 Å². The van der Waals surface area contributed by atoms with E-state index >= 15 is 0 Å². The summed E-state index contributed by atoms with van der Waals surface area (Å²) in [7, 11) is 0. The molecule has 1 N–H and O–H groups in total. The van der Waals surface area contributed by atoms with E-state index in [-0.39, 0.29) is 5.41 Å². The molecule has 3 rings (SSSR count). The smallest absolute Gasteiger partial charge is 0.193 e. The van der Waals surface area contributed by atoms with Gasteiger partial charge >= 0.3 is 0 Å². The van der Waals surface area contributed by atoms with Crippen molar-refractivity contribution in [2.45, 2.75) is 51.9 Å². The van der Waals surface area contributed by atoms with Crippen LogP contribution >= 0.6 is 11.3 Å². The molecule has 5 heteroatoms. The van der Waals surface area contributed by atoms with Crippen LogP contribution in [0, 0.1) is 5.92 Å². The van der Waals surface area contributed by atoms with Gasteiger partial charge in [-0.05, 0) is 56.6 Å². The van der Waals surface area contributed by atoms with Crippen LogP contribution in [0.15, 0.2) is 22.5 Å². The van der Waals surface area contributed by atoms with Gasteiger partial charge in [-0.3, -0.25) is 4.99 Å². The Morgan fingerprint density at radius 3 is 2.77 bits per heavy atom. The Bertz CT molecular complexity index is 561. The van der Waals surface area contributed by atoms with E-state index in [0.717, 1.165) is 38.1 Å². The van der Waals surface area contributed by atoms with Crippen molar-refractivity contribution in [3.05, 3.63) is 22.4 Å². The molecule has 4 nitrogen and oxygen atoms in total. The molecule has 3 heterocycles. The van der Waals surface area contributed by atoms with Crippen LogP contribution < -0.4 is 5.32 Å². The van der Waals surface area contributed by atoms with Crippen molar-refractivity contribution >= 4 is 17.3 Å². The first-order valence-corrected chi connectivity index (χ1v) is 11.3. The second-order valence-electron chi connectivity index (χ2n) is 8.49. The fraction of sp³-hybridized carbons (Fsp3) is 0.762. The normalized spacial score (nSPS) is 22.8. The molecule has 1 atom stereocenters. The zero-order valence-electron chi connectivity index (χ0n) is 16.8. The first kappa shape index (κ1) is 19.7. The van der Waals surface area contributed by atoms with Crippen molar-refractivity contribution in [2.75, 3.05) is 45.8 Å². The average Bonchev–Trinajstić information content (AvgIpc) is 3.32. The summed E-state index contributed by atoms with van der Waals surface area (Å²) < 4.78 is 0. The van der Waals surface area contributed by atoms with Crippen LogP contribution in [-0.4, -0.2) is 61.6 Å². The molecule has 0 bridgehead atoms. The minimum atomic E-state index is 0.0990. The molecule has 1 unspecified atom stereocenters. The minimum absolute atomic E-state index is 0.0990. The number of piperidine rings is 1. The van der Waals surface area contributed by atoms with Gasteiger partial charge in [0.1, 0.15) is 0 Å². The lowest BCUT2D eigenvalue weighted by atomic mass is 9.92. The number of nitrogens with one attached hydrogen (secondary N) is 1. The highest BCUT2D eigenvalue weighted by molar-refractivity contribution is 7.10. The molecule has 1 aromatic rings. The van der Waals surface area contributed by atoms with Gasteiger partial charge in [0.05, 0.1) is 6.54 Å². The molecule has 0 aliphatic carbocycles. The van der Waals surface area contributed by atoms with Gasteiger partial charge in [0.25, 0.3) is 0 Å². The number of likely N-dealkylation sites (tertiary alicyclic amines) is 2. The first-order valence-electron chi connectivity index (χ1n) is 10.4. The topological polar surface area (TPSA) is 30.9 Å². The number of nitrogens with zero attached hydrogens (tertiary/aromatic N) is 3. The summed E-state index contributed by atoms with van der Waals surface area (Å²) in [4.78, 5) is 11.6. The van der Waals surface area contributed by atoms with Crippen LogP contribution in [0.2, 0.25) is 0 Å². The summed E-state index contributed by atoms with van der Waals surface area (Å²) in [5, 5.41) is 5.70. The molecule has 1 aromatic heterocycles. The number of thiophene rings is 1. The summed E-state index contributed by atoms with van der Waals surface area (Å²) in [6.45, 7) is 14.7. The number of aliphatic imine (C=N–C) groups is 1. The van der Waals surface area contributed by atoms with E-state index in [1.54, 1.807) is 0 Å². The van der Waals surface area contributed by atoms with Gasteiger partial charge in [-0.25, -0.2) is 0 Å². The lowest BCUT2D eigenvalue weighted by molar-refractivity contribution is 0.198. The van der Waals surface area contributed by atoms with E-state index in [4.69, 9.17) is 4.99 Å². The molecular formula is C21H36N4S. The summed E-state index contributed by atoms with van der Waals surface area (Å²) in [5.74, 6) is 1.90. The predicted octanol–water partition coefficient (Wildman–Crippen LogP) is 3.80. The van der Waals surface area contributed by atoms with Gasteiger partial charge in [0, 0.05) is 36.5 Å². The van der Waals surface area contributed by atoms with Gasteiger partial charge in [-0.1, -0.05) is 26.3 Å². The minimum Gasteiger partial charge on any atom is -0.357 e. The molecule has 146 valence electrons. The molecule has 2 aliphatic rings. The van der Waals surface area contributed by atoms with Crippen LogP contribution in [-0.2, 0) is 5.41 Å². The molecule has 0 amide bonds. The van der Waals surface area contributed by atoms with Crippen molar-refractivity contribution < 1.29 is 0 Å². The molecule has 26 heavy (non-hydrogen) atoms. The second kappa shape index (κ2) is 9.23. The molecule has 0 spiro atoms. The van der Waals surface area contributed by atoms with Crippen molar-refractivity contribution in [1.82, 2.24) is 15.1 Å². The predicted molar refractivity (Wildman–Crippen MR) is 113 cm³/mol. The number of rotatable bonds is 6. The monoisotopic (exact) mass is 376 g/mol. The lowest BCUT2D eigenvalue weighted by Crippen LogP contribution is -2.42. The van der Waals surface area contributed by atoms with Crippen molar-refractivity contribution in [3.63, 3.8) is 0 Å². The largest absolute Gasteiger partial charge is 0.357 e. The van der Waals surface area contributed by atoms with E-state index in [9.17, 15) is 0 Å². The molecular weight excluding hydrogens is 340 g/mol. The maximum Gasteiger partial charge on any atom is 0.193 e. The zero-order chi connectivity index (χ0) is 18.4. The Hall–Kier alpha value is -1.07. The van der Waals surface area contributed by atoms with Gasteiger partial charge in [0.15, 0.2) is 5.96 Å². The Morgan fingerprint density at radius 2 is 2.08 bits per heavy atom. The van der Waals surface area contributed by atoms with E-state index in [0.29, 0.717) is 0 Å². The Kier molecular flexibility index (Phi) is 6.98. The third-order valence-electron chi connectivity index (χ3n) is 5.70. The standard InChI is InChI=1S/C21H36N4S/c1-4-22-20(23-17-21(2,3)19-9-8-14-26-19)25-13-10-18(16-25)15-24-11-6-5-7-12-24/h8-9,14,18H,4-7,10-13,15-17H2,1-3H3,(H,22,23). The summed E-state index contributed by atoms with van der Waals surface area (Å²) in [5.41, 5.74) is 0.0990. The van der Waals surface area contributed by atoms with Crippen molar-refractivity contribution in [3.8, 4) is 0 Å². The molecule has 2 aliphatic heterocycles. The van der Waals surface area contributed by atoms with Crippen molar-refractivity contribution in [2.24, 2.45) is 10.9 Å². The highest BCUT2D eigenvalue weighted by Gasteiger charge is 2.28. The fourth-order valence-corrected chi connectivity index (χ4v) is 4.97. The Balaban J connectivity index is 1.57. The summed E-state index contributed by atoms with van der Waals surface area (Å²) in [6, 6.07) is 4.37. The zero-order valence-corrected chi connectivity index (χ0v) is 17.7. The van der Waals surface area contributed by atoms with E-state index in [2.05, 4.69) is 53.4 Å². The number of hydrogen-bond acceptors (Lipinski definition) is 3. The van der Waals surface area contributed by atoms with Crippen LogP contribution in [0.25, 0.3) is 0 Å². The molecule has 0 radical (unpaired) electrons. The van der Waals surface area contributed by atoms with Crippen molar-refractivity contribution in [1.29, 1.82) is 0 Å². The molecule has 2 fully saturated rings. The molecule has 2 saturated heterocycles. The van der Waals surface area contributed by atoms with Gasteiger partial charge in [-0.2, -0.15) is 0 Å². The van der Waals surface area contributed by atoms with Gasteiger partial charge in [0.2, 0.25) is 0 Å². The van der Waals surface area contributed by atoms with E-state index in [1.807, 2.05) is 11.3 Å². The van der Waals surface area contributed by atoms with Crippen LogP contribution in [0.5, 0.6) is 0 Å². The maximum absolute atomic E-state index is 5.03. The first-order chi connectivity index (χ1) is 12.6. The lowest BCUT2D eigenvalue weighted by Gasteiger charge is -2.29. The van der Waals surface area contributed by atoms with Crippen LogP contribution in [0.1, 0.15) is 51.3 Å². The Labute approximate surface area is 163 Å². The maximum atomic E-state index is 5.03. The quantitative estimate of drug-likeness (QED) is 0.605. The number of guanidine groups is 1. The highest BCUT2D eigenvalue weighted by atomic mass is 32.1. The van der Waals surface area contributed by atoms with Crippen LogP contribution in [0.3, 0.4) is 0 Å².